The number of halogens is 1. The molecule has 1 aromatic carbocycles. The molecule has 1 rings (SSSR count). The smallest absolute Gasteiger partial charge is 0.224 e. The second kappa shape index (κ2) is 6.54. The Morgan fingerprint density at radius 3 is 2.11 bits per heavy atom. The lowest BCUT2D eigenvalue weighted by Gasteiger charge is -2.19. The molecule has 0 spiro atoms. The van der Waals surface area contributed by atoms with Gasteiger partial charge in [-0.3, -0.25) is 0 Å². The van der Waals surface area contributed by atoms with Crippen molar-refractivity contribution in [2.75, 3.05) is 30.2 Å². The van der Waals surface area contributed by atoms with Crippen molar-refractivity contribution in [3.8, 4) is 0 Å². The minimum Gasteiger partial charge on any atom is -0.378 e. The van der Waals surface area contributed by atoms with E-state index in [1.165, 1.54) is 4.31 Å². The molecule has 0 atom stereocenters. The first kappa shape index (κ1) is 15.5. The fourth-order valence-electron chi connectivity index (χ4n) is 1.58. The Kier molecular flexibility index (Phi) is 5.62. The first-order valence-corrected chi connectivity index (χ1v) is 8.43. The van der Waals surface area contributed by atoms with Gasteiger partial charge >= 0.3 is 0 Å². The maximum absolute atomic E-state index is 11.8. The van der Waals surface area contributed by atoms with Crippen LogP contribution in [-0.4, -0.2) is 38.0 Å². The van der Waals surface area contributed by atoms with Crippen LogP contribution in [0.5, 0.6) is 0 Å². The molecule has 0 bridgehead atoms. The molecule has 102 valence electrons. The maximum Gasteiger partial charge on any atom is 0.224 e. The molecule has 0 saturated carbocycles. The number of benzene rings is 1. The minimum absolute atomic E-state index is 0.0381. The molecule has 0 aliphatic carbocycles. The Morgan fingerprint density at radius 1 is 1.17 bits per heavy atom. The fraction of sp³-hybridized carbons (Fsp3) is 0.500. The van der Waals surface area contributed by atoms with Crippen molar-refractivity contribution in [2.45, 2.75) is 13.5 Å². The minimum atomic E-state index is -3.20. The van der Waals surface area contributed by atoms with Crippen LogP contribution in [0, 0.1) is 0 Å². The summed E-state index contributed by atoms with van der Waals surface area (Å²) in [7, 11) is 0.754. The normalized spacial score (nSPS) is 11.8. The van der Waals surface area contributed by atoms with Crippen molar-refractivity contribution in [3.05, 3.63) is 29.8 Å². The van der Waals surface area contributed by atoms with Gasteiger partial charge in [0.2, 0.25) is 10.0 Å². The predicted octanol–water partition coefficient (Wildman–Crippen LogP) is 2.26. The Morgan fingerprint density at radius 2 is 1.72 bits per heavy atom. The predicted molar refractivity (Wildman–Crippen MR) is 79.6 cm³/mol. The molecule has 0 aliphatic rings. The molecule has 4 nitrogen and oxygen atoms in total. The number of alkyl halides is 1. The van der Waals surface area contributed by atoms with Gasteiger partial charge in [-0.05, 0) is 17.7 Å². The molecule has 0 heterocycles. The summed E-state index contributed by atoms with van der Waals surface area (Å²) in [5, 5.41) is 0. The third kappa shape index (κ3) is 3.96. The largest absolute Gasteiger partial charge is 0.378 e. The van der Waals surface area contributed by atoms with Gasteiger partial charge in [-0.1, -0.05) is 35.0 Å². The molecule has 0 radical (unpaired) electrons. The maximum atomic E-state index is 11.8. The summed E-state index contributed by atoms with van der Waals surface area (Å²) in [5.41, 5.74) is 2.09. The van der Waals surface area contributed by atoms with Gasteiger partial charge in [-0.15, -0.1) is 0 Å². The lowest BCUT2D eigenvalue weighted by molar-refractivity contribution is 0.427. The van der Waals surface area contributed by atoms with Crippen LogP contribution in [0.1, 0.15) is 12.5 Å². The summed E-state index contributed by atoms with van der Waals surface area (Å²) in [6.45, 7) is 2.73. The van der Waals surface area contributed by atoms with Crippen LogP contribution in [0.2, 0.25) is 0 Å². The molecule has 0 fully saturated rings. The summed E-state index contributed by atoms with van der Waals surface area (Å²) in [4.78, 5) is 2.01. The zero-order valence-corrected chi connectivity index (χ0v) is 13.3. The molecule has 0 N–H and O–H groups in total. The SMILES string of the molecule is CCN(Cc1ccc(N(C)C)cc1)S(=O)(=O)CBr. The fourth-order valence-corrected chi connectivity index (χ4v) is 3.32. The van der Waals surface area contributed by atoms with E-state index >= 15 is 0 Å². The molecule has 1 aromatic rings. The van der Waals surface area contributed by atoms with E-state index in [1.807, 2.05) is 50.2 Å². The molecule has 6 heteroatoms. The van der Waals surface area contributed by atoms with E-state index in [9.17, 15) is 8.42 Å². The van der Waals surface area contributed by atoms with E-state index in [2.05, 4.69) is 15.9 Å². The van der Waals surface area contributed by atoms with Crippen molar-refractivity contribution in [3.63, 3.8) is 0 Å². The highest BCUT2D eigenvalue weighted by Gasteiger charge is 2.18. The van der Waals surface area contributed by atoms with Crippen LogP contribution < -0.4 is 4.90 Å². The lowest BCUT2D eigenvalue weighted by atomic mass is 10.2. The number of sulfonamides is 1. The summed E-state index contributed by atoms with van der Waals surface area (Å²) in [5.74, 6) is 0. The van der Waals surface area contributed by atoms with Crippen LogP contribution in [0.4, 0.5) is 5.69 Å². The number of rotatable bonds is 6. The van der Waals surface area contributed by atoms with E-state index in [4.69, 9.17) is 0 Å². The van der Waals surface area contributed by atoms with E-state index in [-0.39, 0.29) is 4.66 Å². The van der Waals surface area contributed by atoms with Crippen molar-refractivity contribution in [1.82, 2.24) is 4.31 Å². The molecule has 0 aromatic heterocycles. The number of hydrogen-bond acceptors (Lipinski definition) is 3. The Bertz CT molecular complexity index is 471. The molecule has 18 heavy (non-hydrogen) atoms. The van der Waals surface area contributed by atoms with E-state index in [0.29, 0.717) is 13.1 Å². The molecular formula is C12H19BrN2O2S. The second-order valence-electron chi connectivity index (χ2n) is 4.21. The van der Waals surface area contributed by atoms with Crippen molar-refractivity contribution >= 4 is 31.6 Å². The van der Waals surface area contributed by atoms with Crippen molar-refractivity contribution < 1.29 is 8.42 Å². The van der Waals surface area contributed by atoms with Gasteiger partial charge < -0.3 is 4.90 Å². The van der Waals surface area contributed by atoms with Crippen molar-refractivity contribution in [2.24, 2.45) is 0 Å². The van der Waals surface area contributed by atoms with Gasteiger partial charge in [-0.2, -0.15) is 4.31 Å². The van der Waals surface area contributed by atoms with Crippen molar-refractivity contribution in [1.29, 1.82) is 0 Å². The zero-order chi connectivity index (χ0) is 13.8. The third-order valence-electron chi connectivity index (χ3n) is 2.70. The van der Waals surface area contributed by atoms with Crippen LogP contribution in [-0.2, 0) is 16.6 Å². The molecular weight excluding hydrogens is 316 g/mol. The monoisotopic (exact) mass is 334 g/mol. The zero-order valence-electron chi connectivity index (χ0n) is 10.9. The van der Waals surface area contributed by atoms with Gasteiger partial charge in [0.05, 0.1) is 0 Å². The van der Waals surface area contributed by atoms with E-state index in [0.717, 1.165) is 11.3 Å². The van der Waals surface area contributed by atoms with Crippen LogP contribution >= 0.6 is 15.9 Å². The number of hydrogen-bond donors (Lipinski definition) is 0. The molecule has 0 aliphatic heterocycles. The number of nitrogens with zero attached hydrogens (tertiary/aromatic N) is 2. The highest BCUT2D eigenvalue weighted by atomic mass is 79.9. The average molecular weight is 335 g/mol. The average Bonchev–Trinajstić information content (AvgIpc) is 2.36. The van der Waals surface area contributed by atoms with Gasteiger partial charge in [0.25, 0.3) is 0 Å². The topological polar surface area (TPSA) is 40.6 Å². The van der Waals surface area contributed by atoms with Gasteiger partial charge in [0.1, 0.15) is 4.66 Å². The summed E-state index contributed by atoms with van der Waals surface area (Å²) >= 11 is 3.02. The summed E-state index contributed by atoms with van der Waals surface area (Å²) in [6.07, 6.45) is 0. The third-order valence-corrected chi connectivity index (χ3v) is 5.88. The Balaban J connectivity index is 2.83. The standard InChI is InChI=1S/C12H19BrN2O2S/c1-4-15(18(16,17)10-13)9-11-5-7-12(8-6-11)14(2)3/h5-8H,4,9-10H2,1-3H3. The Hall–Kier alpha value is -0.590. The van der Waals surface area contributed by atoms with Gasteiger partial charge in [0, 0.05) is 32.9 Å². The van der Waals surface area contributed by atoms with Gasteiger partial charge in [0.15, 0.2) is 0 Å². The quantitative estimate of drug-likeness (QED) is 0.749. The number of anilines is 1. The van der Waals surface area contributed by atoms with E-state index < -0.39 is 10.0 Å². The van der Waals surface area contributed by atoms with Crippen LogP contribution in [0.15, 0.2) is 24.3 Å². The Labute approximate surface area is 118 Å². The van der Waals surface area contributed by atoms with Crippen LogP contribution in [0.25, 0.3) is 0 Å². The van der Waals surface area contributed by atoms with Gasteiger partial charge in [-0.25, -0.2) is 8.42 Å². The lowest BCUT2D eigenvalue weighted by Crippen LogP contribution is -2.30. The first-order valence-electron chi connectivity index (χ1n) is 5.70. The molecule has 0 amide bonds. The van der Waals surface area contributed by atoms with Crippen LogP contribution in [0.3, 0.4) is 0 Å². The highest BCUT2D eigenvalue weighted by molar-refractivity contribution is 9.10. The van der Waals surface area contributed by atoms with E-state index in [1.54, 1.807) is 0 Å². The molecule has 0 saturated heterocycles. The highest BCUT2D eigenvalue weighted by Crippen LogP contribution is 2.15. The molecule has 0 unspecified atom stereocenters. The second-order valence-corrected chi connectivity index (χ2v) is 7.48. The summed E-state index contributed by atoms with van der Waals surface area (Å²) < 4.78 is 25.0. The first-order chi connectivity index (χ1) is 8.40. The summed E-state index contributed by atoms with van der Waals surface area (Å²) in [6, 6.07) is 7.90.